The first-order valence-corrected chi connectivity index (χ1v) is 7.71. The maximum atomic E-state index is 5.98. The summed E-state index contributed by atoms with van der Waals surface area (Å²) < 4.78 is 6.53. The van der Waals surface area contributed by atoms with E-state index < -0.39 is 0 Å². The van der Waals surface area contributed by atoms with E-state index in [1.807, 2.05) is 11.8 Å². The van der Waals surface area contributed by atoms with Gasteiger partial charge in [0.1, 0.15) is 0 Å². The van der Waals surface area contributed by atoms with E-state index in [2.05, 4.69) is 25.4 Å². The Hall–Kier alpha value is 0.270. The molecule has 1 aliphatic heterocycles. The molecule has 0 radical (unpaired) electrons. The fraction of sp³-hybridized carbons (Fsp3) is 1.00. The lowest BCUT2D eigenvalue weighted by molar-refractivity contribution is -0.0144. The molecule has 1 saturated carbocycles. The van der Waals surface area contributed by atoms with Gasteiger partial charge in [0.05, 0.1) is 11.7 Å². The Morgan fingerprint density at radius 1 is 1.31 bits per heavy atom. The average molecular weight is 243 g/mol. The number of nitrogens with one attached hydrogen (secondary N) is 1. The van der Waals surface area contributed by atoms with Crippen molar-refractivity contribution in [1.82, 2.24) is 5.32 Å². The SMILES string of the molecule is CSC1(CNCC2CCC(C)(C)O2)CCC1. The van der Waals surface area contributed by atoms with E-state index in [9.17, 15) is 0 Å². The predicted octanol–water partition coefficient (Wildman–Crippen LogP) is 2.82. The Labute approximate surface area is 104 Å². The topological polar surface area (TPSA) is 21.3 Å². The average Bonchev–Trinajstić information content (AvgIpc) is 2.51. The van der Waals surface area contributed by atoms with Crippen LogP contribution in [0.1, 0.15) is 46.0 Å². The second-order valence-electron chi connectivity index (χ2n) is 5.91. The van der Waals surface area contributed by atoms with Crippen molar-refractivity contribution >= 4 is 11.8 Å². The highest BCUT2D eigenvalue weighted by molar-refractivity contribution is 8.00. The van der Waals surface area contributed by atoms with Crippen LogP contribution in [0, 0.1) is 0 Å². The van der Waals surface area contributed by atoms with Gasteiger partial charge in [0.25, 0.3) is 0 Å². The number of rotatable bonds is 5. The highest BCUT2D eigenvalue weighted by atomic mass is 32.2. The Balaban J connectivity index is 1.65. The van der Waals surface area contributed by atoms with E-state index in [1.165, 1.54) is 32.1 Å². The minimum Gasteiger partial charge on any atom is -0.371 e. The summed E-state index contributed by atoms with van der Waals surface area (Å²) in [5.41, 5.74) is 0.111. The van der Waals surface area contributed by atoms with Gasteiger partial charge in [-0.15, -0.1) is 0 Å². The van der Waals surface area contributed by atoms with Crippen molar-refractivity contribution in [1.29, 1.82) is 0 Å². The van der Waals surface area contributed by atoms with Gasteiger partial charge in [-0.3, -0.25) is 0 Å². The summed E-state index contributed by atoms with van der Waals surface area (Å²) in [5, 5.41) is 3.61. The number of ether oxygens (including phenoxy) is 1. The molecule has 16 heavy (non-hydrogen) atoms. The fourth-order valence-corrected chi connectivity index (χ4v) is 3.65. The third-order valence-corrected chi connectivity index (χ3v) is 5.49. The van der Waals surface area contributed by atoms with Crippen LogP contribution in [-0.2, 0) is 4.74 Å². The van der Waals surface area contributed by atoms with Crippen LogP contribution in [0.2, 0.25) is 0 Å². The van der Waals surface area contributed by atoms with Crippen LogP contribution >= 0.6 is 11.8 Å². The summed E-state index contributed by atoms with van der Waals surface area (Å²) in [7, 11) is 0. The Morgan fingerprint density at radius 2 is 2.06 bits per heavy atom. The monoisotopic (exact) mass is 243 g/mol. The van der Waals surface area contributed by atoms with E-state index >= 15 is 0 Å². The largest absolute Gasteiger partial charge is 0.371 e. The van der Waals surface area contributed by atoms with Gasteiger partial charge in [0.2, 0.25) is 0 Å². The van der Waals surface area contributed by atoms with Gasteiger partial charge in [0, 0.05) is 17.8 Å². The lowest BCUT2D eigenvalue weighted by Crippen LogP contribution is -2.45. The fourth-order valence-electron chi connectivity index (χ4n) is 2.71. The van der Waals surface area contributed by atoms with Gasteiger partial charge in [-0.25, -0.2) is 0 Å². The van der Waals surface area contributed by atoms with Gasteiger partial charge in [-0.1, -0.05) is 6.42 Å². The van der Waals surface area contributed by atoms with Crippen molar-refractivity contribution in [3.8, 4) is 0 Å². The van der Waals surface area contributed by atoms with Crippen molar-refractivity contribution in [2.24, 2.45) is 0 Å². The molecule has 0 spiro atoms. The van der Waals surface area contributed by atoms with Crippen molar-refractivity contribution in [2.45, 2.75) is 62.4 Å². The van der Waals surface area contributed by atoms with Crippen LogP contribution in [0.4, 0.5) is 0 Å². The summed E-state index contributed by atoms with van der Waals surface area (Å²) >= 11 is 2.04. The third-order valence-electron chi connectivity index (χ3n) is 4.07. The molecule has 1 saturated heterocycles. The molecule has 2 fully saturated rings. The quantitative estimate of drug-likeness (QED) is 0.802. The van der Waals surface area contributed by atoms with Gasteiger partial charge >= 0.3 is 0 Å². The van der Waals surface area contributed by atoms with E-state index in [1.54, 1.807) is 0 Å². The minimum absolute atomic E-state index is 0.111. The molecule has 0 aromatic carbocycles. The lowest BCUT2D eigenvalue weighted by Gasteiger charge is -2.40. The van der Waals surface area contributed by atoms with Crippen molar-refractivity contribution < 1.29 is 4.74 Å². The van der Waals surface area contributed by atoms with Gasteiger partial charge in [-0.2, -0.15) is 11.8 Å². The normalized spacial score (nSPS) is 31.3. The molecular weight excluding hydrogens is 218 g/mol. The van der Waals surface area contributed by atoms with Crippen molar-refractivity contribution in [2.75, 3.05) is 19.3 Å². The zero-order chi connectivity index (χ0) is 11.6. The highest BCUT2D eigenvalue weighted by Gasteiger charge is 2.36. The van der Waals surface area contributed by atoms with Crippen LogP contribution in [-0.4, -0.2) is 35.8 Å². The Morgan fingerprint density at radius 3 is 2.50 bits per heavy atom. The van der Waals surface area contributed by atoms with E-state index in [-0.39, 0.29) is 5.60 Å². The second kappa shape index (κ2) is 4.87. The van der Waals surface area contributed by atoms with Crippen LogP contribution in [0.15, 0.2) is 0 Å². The standard InChI is InChI=1S/C13H25NOS/c1-12(2)8-5-11(15-12)9-14-10-13(16-3)6-4-7-13/h11,14H,4-10H2,1-3H3. The summed E-state index contributed by atoms with van der Waals surface area (Å²) in [5.74, 6) is 0. The minimum atomic E-state index is 0.111. The van der Waals surface area contributed by atoms with Crippen LogP contribution in [0.3, 0.4) is 0 Å². The molecule has 1 aliphatic carbocycles. The number of hydrogen-bond acceptors (Lipinski definition) is 3. The maximum absolute atomic E-state index is 5.98. The zero-order valence-corrected chi connectivity index (χ0v) is 11.7. The molecule has 0 bridgehead atoms. The summed E-state index contributed by atoms with van der Waals surface area (Å²) in [6.07, 6.45) is 9.29. The van der Waals surface area contributed by atoms with Gasteiger partial charge in [0.15, 0.2) is 0 Å². The molecule has 0 aromatic heterocycles. The zero-order valence-electron chi connectivity index (χ0n) is 10.8. The smallest absolute Gasteiger partial charge is 0.0707 e. The predicted molar refractivity (Wildman–Crippen MR) is 71.2 cm³/mol. The van der Waals surface area contributed by atoms with Gasteiger partial charge in [-0.05, 0) is 45.8 Å². The molecule has 1 N–H and O–H groups in total. The molecule has 94 valence electrons. The molecule has 2 nitrogen and oxygen atoms in total. The van der Waals surface area contributed by atoms with Crippen LogP contribution < -0.4 is 5.32 Å². The molecule has 3 heteroatoms. The second-order valence-corrected chi connectivity index (χ2v) is 7.18. The molecule has 1 atom stereocenters. The molecule has 2 aliphatic rings. The summed E-state index contributed by atoms with van der Waals surface area (Å²) in [6.45, 7) is 6.59. The summed E-state index contributed by atoms with van der Waals surface area (Å²) in [6, 6.07) is 0. The summed E-state index contributed by atoms with van der Waals surface area (Å²) in [4.78, 5) is 0. The van der Waals surface area contributed by atoms with Crippen LogP contribution in [0.25, 0.3) is 0 Å². The van der Waals surface area contributed by atoms with Crippen molar-refractivity contribution in [3.63, 3.8) is 0 Å². The third kappa shape index (κ3) is 2.93. The number of thioether (sulfide) groups is 1. The highest BCUT2D eigenvalue weighted by Crippen LogP contribution is 2.42. The van der Waals surface area contributed by atoms with Crippen LogP contribution in [0.5, 0.6) is 0 Å². The molecular formula is C13H25NOS. The molecule has 0 aromatic rings. The van der Waals surface area contributed by atoms with E-state index in [0.717, 1.165) is 13.1 Å². The molecule has 1 unspecified atom stereocenters. The number of hydrogen-bond donors (Lipinski definition) is 1. The Kier molecular flexibility index (Phi) is 3.87. The van der Waals surface area contributed by atoms with E-state index in [0.29, 0.717) is 10.9 Å². The Bertz CT molecular complexity index is 233. The maximum Gasteiger partial charge on any atom is 0.0707 e. The lowest BCUT2D eigenvalue weighted by atomic mass is 9.84. The van der Waals surface area contributed by atoms with Gasteiger partial charge < -0.3 is 10.1 Å². The first-order valence-electron chi connectivity index (χ1n) is 6.49. The molecule has 2 rings (SSSR count). The molecule has 0 amide bonds. The first kappa shape index (κ1) is 12.7. The first-order chi connectivity index (χ1) is 7.55. The van der Waals surface area contributed by atoms with E-state index in [4.69, 9.17) is 4.74 Å². The van der Waals surface area contributed by atoms with Crippen molar-refractivity contribution in [3.05, 3.63) is 0 Å². The molecule has 1 heterocycles.